The molecule has 0 amide bonds. The van der Waals surface area contributed by atoms with E-state index in [1.807, 2.05) is 23.7 Å². The number of thioether (sulfide) groups is 1. The number of aromatic nitrogens is 2. The number of benzene rings is 1. The van der Waals surface area contributed by atoms with E-state index in [1.54, 1.807) is 11.8 Å². The first kappa shape index (κ1) is 18.1. The summed E-state index contributed by atoms with van der Waals surface area (Å²) in [6, 6.07) is 8.34. The lowest BCUT2D eigenvalue weighted by atomic mass is 9.94. The summed E-state index contributed by atoms with van der Waals surface area (Å²) in [5, 5.41) is 4.00. The van der Waals surface area contributed by atoms with Crippen LogP contribution in [-0.4, -0.2) is 27.0 Å². The number of aromatic amines is 1. The molecule has 0 spiro atoms. The van der Waals surface area contributed by atoms with Crippen LogP contribution in [0.5, 0.6) is 0 Å². The highest BCUT2D eigenvalue weighted by Gasteiger charge is 2.35. The lowest BCUT2D eigenvalue weighted by molar-refractivity contribution is -0.0705. The summed E-state index contributed by atoms with van der Waals surface area (Å²) in [5.41, 5.74) is 1.62. The molecule has 0 saturated carbocycles. The molecule has 1 aromatic heterocycles. The molecule has 1 fully saturated rings. The van der Waals surface area contributed by atoms with Gasteiger partial charge in [-0.1, -0.05) is 39.8 Å². The maximum absolute atomic E-state index is 12.9. The Morgan fingerprint density at radius 3 is 2.96 bits per heavy atom. The monoisotopic (exact) mass is 435 g/mol. The third-order valence-corrected chi connectivity index (χ3v) is 6.61. The van der Waals surface area contributed by atoms with Crippen molar-refractivity contribution in [3.05, 3.63) is 50.2 Å². The summed E-state index contributed by atoms with van der Waals surface area (Å²) in [6.07, 6.45) is 1.73. The Hall–Kier alpha value is -1.31. The van der Waals surface area contributed by atoms with Crippen LogP contribution in [0.2, 0.25) is 0 Å². The number of hydrogen-bond acceptors (Lipinski definition) is 4. The summed E-state index contributed by atoms with van der Waals surface area (Å²) in [6.45, 7) is 6.90. The highest BCUT2D eigenvalue weighted by atomic mass is 79.9. The lowest BCUT2D eigenvalue weighted by Gasteiger charge is -2.36. The number of ether oxygens (including phenoxy) is 1. The maximum atomic E-state index is 12.9. The first-order chi connectivity index (χ1) is 12.3. The van der Waals surface area contributed by atoms with Crippen molar-refractivity contribution in [3.8, 4) is 0 Å². The van der Waals surface area contributed by atoms with E-state index in [2.05, 4.69) is 47.0 Å². The largest absolute Gasteiger partial charge is 0.375 e. The SMILES string of the molecule is CC1=Nc2c(c(=O)[nH]n2[C@H]2CCOC(C)(C)C2)[C@@H](c2cccc(Br)c2)S1. The van der Waals surface area contributed by atoms with E-state index < -0.39 is 0 Å². The third kappa shape index (κ3) is 3.32. The van der Waals surface area contributed by atoms with Gasteiger partial charge in [-0.25, -0.2) is 4.99 Å². The summed E-state index contributed by atoms with van der Waals surface area (Å²) in [7, 11) is 0. The molecule has 26 heavy (non-hydrogen) atoms. The van der Waals surface area contributed by atoms with Crippen molar-refractivity contribution in [3.63, 3.8) is 0 Å². The molecule has 4 rings (SSSR count). The Morgan fingerprint density at radius 2 is 2.23 bits per heavy atom. The standard InChI is InChI=1S/C19H22BrN3O2S/c1-11-21-17-15(16(26-11)12-5-4-6-13(20)9-12)18(24)22-23(17)14-7-8-25-19(2,3)10-14/h4-6,9,14,16H,7-8,10H2,1-3H3,(H,22,24)/t14-,16+/m0/s1. The smallest absolute Gasteiger partial charge is 0.271 e. The van der Waals surface area contributed by atoms with Gasteiger partial charge in [0.2, 0.25) is 0 Å². The number of rotatable bonds is 2. The molecule has 0 radical (unpaired) electrons. The van der Waals surface area contributed by atoms with Crippen LogP contribution in [0.4, 0.5) is 5.82 Å². The van der Waals surface area contributed by atoms with Gasteiger partial charge < -0.3 is 4.74 Å². The van der Waals surface area contributed by atoms with Gasteiger partial charge in [-0.05, 0) is 51.3 Å². The van der Waals surface area contributed by atoms with Gasteiger partial charge in [-0.15, -0.1) is 0 Å². The van der Waals surface area contributed by atoms with E-state index >= 15 is 0 Å². The number of nitrogens with zero attached hydrogens (tertiary/aromatic N) is 2. The van der Waals surface area contributed by atoms with Crippen LogP contribution < -0.4 is 5.56 Å². The second-order valence-electron chi connectivity index (χ2n) is 7.49. The molecule has 5 nitrogen and oxygen atoms in total. The van der Waals surface area contributed by atoms with Crippen LogP contribution in [0, 0.1) is 0 Å². The van der Waals surface area contributed by atoms with Gasteiger partial charge in [0.25, 0.3) is 5.56 Å². The number of hydrogen-bond donors (Lipinski definition) is 1. The number of aliphatic imine (C=N–C) groups is 1. The minimum absolute atomic E-state index is 0.0435. The van der Waals surface area contributed by atoms with Gasteiger partial charge in [-0.3, -0.25) is 14.6 Å². The van der Waals surface area contributed by atoms with Crippen molar-refractivity contribution in [2.75, 3.05) is 6.61 Å². The molecule has 7 heteroatoms. The molecule has 1 aromatic carbocycles. The van der Waals surface area contributed by atoms with Crippen molar-refractivity contribution in [2.45, 2.75) is 50.5 Å². The molecule has 1 saturated heterocycles. The summed E-state index contributed by atoms with van der Waals surface area (Å²) >= 11 is 5.17. The average Bonchev–Trinajstić information content (AvgIpc) is 2.90. The molecular weight excluding hydrogens is 414 g/mol. The number of nitrogens with one attached hydrogen (secondary N) is 1. The second-order valence-corrected chi connectivity index (χ2v) is 9.70. The van der Waals surface area contributed by atoms with Gasteiger partial charge in [0.15, 0.2) is 5.82 Å². The van der Waals surface area contributed by atoms with Crippen LogP contribution in [0.3, 0.4) is 0 Å². The van der Waals surface area contributed by atoms with E-state index in [0.717, 1.165) is 39.3 Å². The molecule has 138 valence electrons. The van der Waals surface area contributed by atoms with Gasteiger partial charge >= 0.3 is 0 Å². The molecule has 2 atom stereocenters. The topological polar surface area (TPSA) is 59.4 Å². The zero-order chi connectivity index (χ0) is 18.5. The van der Waals surface area contributed by atoms with Crippen LogP contribution in [0.15, 0.2) is 38.5 Å². The predicted octanol–water partition coefficient (Wildman–Crippen LogP) is 4.96. The molecule has 2 aromatic rings. The minimum Gasteiger partial charge on any atom is -0.375 e. The van der Waals surface area contributed by atoms with Gasteiger partial charge in [0.1, 0.15) is 0 Å². The van der Waals surface area contributed by atoms with E-state index in [4.69, 9.17) is 9.73 Å². The van der Waals surface area contributed by atoms with E-state index in [1.165, 1.54) is 0 Å². The van der Waals surface area contributed by atoms with Gasteiger partial charge in [0.05, 0.1) is 27.5 Å². The minimum atomic E-state index is -0.192. The van der Waals surface area contributed by atoms with Gasteiger partial charge in [0, 0.05) is 11.1 Å². The first-order valence-electron chi connectivity index (χ1n) is 8.80. The quantitative estimate of drug-likeness (QED) is 0.725. The van der Waals surface area contributed by atoms with E-state index in [0.29, 0.717) is 6.61 Å². The lowest BCUT2D eigenvalue weighted by Crippen LogP contribution is -2.35. The fourth-order valence-corrected chi connectivity index (χ4v) is 5.31. The molecule has 2 aliphatic heterocycles. The second kappa shape index (κ2) is 6.69. The molecule has 2 aliphatic rings. The summed E-state index contributed by atoms with van der Waals surface area (Å²) in [4.78, 5) is 17.6. The number of H-pyrrole nitrogens is 1. The maximum Gasteiger partial charge on any atom is 0.271 e. The predicted molar refractivity (Wildman–Crippen MR) is 110 cm³/mol. The van der Waals surface area contributed by atoms with Crippen LogP contribution in [0.25, 0.3) is 0 Å². The normalized spacial score (nSPS) is 24.8. The number of halogens is 1. The zero-order valence-corrected chi connectivity index (χ0v) is 17.5. The van der Waals surface area contributed by atoms with Crippen molar-refractivity contribution in [1.29, 1.82) is 0 Å². The molecular formula is C19H22BrN3O2S. The van der Waals surface area contributed by atoms with E-state index in [-0.39, 0.29) is 22.5 Å². The molecule has 0 unspecified atom stereocenters. The van der Waals surface area contributed by atoms with Crippen LogP contribution in [0.1, 0.15) is 56.0 Å². The Kier molecular flexibility index (Phi) is 4.65. The van der Waals surface area contributed by atoms with E-state index in [9.17, 15) is 4.79 Å². The fraction of sp³-hybridized carbons (Fsp3) is 0.474. The Labute approximate surface area is 165 Å². The van der Waals surface area contributed by atoms with Crippen molar-refractivity contribution < 1.29 is 4.74 Å². The number of fused-ring (bicyclic) bond motifs is 1. The van der Waals surface area contributed by atoms with Crippen molar-refractivity contribution >= 4 is 38.6 Å². The van der Waals surface area contributed by atoms with Crippen molar-refractivity contribution in [2.24, 2.45) is 4.99 Å². The summed E-state index contributed by atoms with van der Waals surface area (Å²) in [5.74, 6) is 0.777. The Bertz CT molecular complexity index is 931. The Morgan fingerprint density at radius 1 is 1.42 bits per heavy atom. The van der Waals surface area contributed by atoms with Crippen molar-refractivity contribution in [1.82, 2.24) is 9.78 Å². The van der Waals surface area contributed by atoms with Crippen LogP contribution >= 0.6 is 27.7 Å². The zero-order valence-electron chi connectivity index (χ0n) is 15.1. The summed E-state index contributed by atoms with van der Waals surface area (Å²) < 4.78 is 8.84. The van der Waals surface area contributed by atoms with Crippen LogP contribution in [-0.2, 0) is 4.74 Å². The third-order valence-electron chi connectivity index (χ3n) is 4.94. The fourth-order valence-electron chi connectivity index (χ4n) is 3.80. The molecule has 1 N–H and O–H groups in total. The molecule has 0 bridgehead atoms. The first-order valence-corrected chi connectivity index (χ1v) is 10.5. The molecule has 3 heterocycles. The highest BCUT2D eigenvalue weighted by Crippen LogP contribution is 2.45. The highest BCUT2D eigenvalue weighted by molar-refractivity contribution is 9.10. The molecule has 0 aliphatic carbocycles. The average molecular weight is 436 g/mol. The Balaban J connectivity index is 1.80. The van der Waals surface area contributed by atoms with Gasteiger partial charge in [-0.2, -0.15) is 0 Å².